The van der Waals surface area contributed by atoms with Crippen LogP contribution in [0, 0.1) is 0 Å². The average molecular weight is 455 g/mol. The molecule has 1 aromatic rings. The Bertz CT molecular complexity index is 679. The summed E-state index contributed by atoms with van der Waals surface area (Å²) in [5.41, 5.74) is 0.00613. The lowest BCUT2D eigenvalue weighted by Crippen LogP contribution is -2.57. The zero-order chi connectivity index (χ0) is 20.4. The van der Waals surface area contributed by atoms with E-state index < -0.39 is 24.1 Å². The molecule has 27 heavy (non-hydrogen) atoms. The van der Waals surface area contributed by atoms with Crippen molar-refractivity contribution in [2.24, 2.45) is 0 Å². The lowest BCUT2D eigenvalue weighted by molar-refractivity contribution is -0.274. The molecule has 1 unspecified atom stereocenters. The fourth-order valence-corrected chi connectivity index (χ4v) is 3.15. The highest BCUT2D eigenvalue weighted by molar-refractivity contribution is 9.10. The first-order valence-electron chi connectivity index (χ1n) is 8.30. The van der Waals surface area contributed by atoms with E-state index in [0.29, 0.717) is 25.3 Å². The number of hydrogen-bond donors (Lipinski definition) is 1. The van der Waals surface area contributed by atoms with Crippen LogP contribution in [0.2, 0.25) is 0 Å². The molecule has 1 aliphatic heterocycles. The van der Waals surface area contributed by atoms with Crippen LogP contribution in [0.25, 0.3) is 0 Å². The minimum Gasteiger partial charge on any atom is -0.444 e. The van der Waals surface area contributed by atoms with Gasteiger partial charge in [0.05, 0.1) is 17.1 Å². The minimum absolute atomic E-state index is 0.160. The molecular weight excluding hydrogens is 433 g/mol. The van der Waals surface area contributed by atoms with Gasteiger partial charge in [-0.1, -0.05) is 0 Å². The van der Waals surface area contributed by atoms with Gasteiger partial charge in [-0.15, -0.1) is 13.2 Å². The van der Waals surface area contributed by atoms with Crippen molar-refractivity contribution in [2.75, 3.05) is 31.1 Å². The highest BCUT2D eigenvalue weighted by atomic mass is 79.9. The summed E-state index contributed by atoms with van der Waals surface area (Å²) in [4.78, 5) is 15.7. The van der Waals surface area contributed by atoms with Crippen molar-refractivity contribution in [1.82, 2.24) is 4.90 Å². The molecule has 0 aromatic heterocycles. The van der Waals surface area contributed by atoms with Gasteiger partial charge in [0.2, 0.25) is 0 Å². The zero-order valence-electron chi connectivity index (χ0n) is 15.2. The number of carbonyl (C=O) groups excluding carboxylic acids is 1. The third-order valence-corrected chi connectivity index (χ3v) is 4.45. The van der Waals surface area contributed by atoms with Crippen LogP contribution in [0.5, 0.6) is 5.75 Å². The lowest BCUT2D eigenvalue weighted by atomic mass is 10.1. The smallest absolute Gasteiger partial charge is 0.444 e. The van der Waals surface area contributed by atoms with Crippen molar-refractivity contribution >= 4 is 27.7 Å². The number of hydrogen-bond acceptors (Lipinski definition) is 5. The topological polar surface area (TPSA) is 62.2 Å². The SMILES string of the molecule is CC(C)(C)OC(=O)N1CCN(c2ccc(OC(F)(F)F)c(Br)c2)CC1CO. The third kappa shape index (κ3) is 6.17. The first-order valence-corrected chi connectivity index (χ1v) is 9.09. The molecule has 1 fully saturated rings. The van der Waals surface area contributed by atoms with Crippen molar-refractivity contribution in [3.63, 3.8) is 0 Å². The number of benzene rings is 1. The highest BCUT2D eigenvalue weighted by Gasteiger charge is 2.34. The van der Waals surface area contributed by atoms with Crippen LogP contribution in [-0.2, 0) is 4.74 Å². The van der Waals surface area contributed by atoms with Crippen molar-refractivity contribution in [2.45, 2.75) is 38.8 Å². The monoisotopic (exact) mass is 454 g/mol. The molecular formula is C17H22BrF3N2O4. The number of piperazine rings is 1. The van der Waals surface area contributed by atoms with Crippen LogP contribution >= 0.6 is 15.9 Å². The van der Waals surface area contributed by atoms with Crippen LogP contribution in [0.1, 0.15) is 20.8 Å². The predicted octanol–water partition coefficient (Wildman–Crippen LogP) is 3.77. The maximum Gasteiger partial charge on any atom is 0.573 e. The van der Waals surface area contributed by atoms with Crippen LogP contribution in [0.4, 0.5) is 23.7 Å². The first kappa shape index (κ1) is 21.6. The summed E-state index contributed by atoms with van der Waals surface area (Å²) in [5.74, 6) is -0.336. The van der Waals surface area contributed by atoms with Gasteiger partial charge in [-0.3, -0.25) is 4.90 Å². The summed E-state index contributed by atoms with van der Waals surface area (Å²) in [6.07, 6.45) is -5.28. The molecule has 1 aliphatic rings. The molecule has 6 nitrogen and oxygen atoms in total. The molecule has 0 radical (unpaired) electrons. The van der Waals surface area contributed by atoms with Crippen molar-refractivity contribution < 1.29 is 32.5 Å². The molecule has 1 heterocycles. The second-order valence-electron chi connectivity index (χ2n) is 7.12. The van der Waals surface area contributed by atoms with Gasteiger partial charge in [0.25, 0.3) is 0 Å². The lowest BCUT2D eigenvalue weighted by Gasteiger charge is -2.42. The van der Waals surface area contributed by atoms with E-state index in [1.54, 1.807) is 20.8 Å². The van der Waals surface area contributed by atoms with Crippen LogP contribution in [-0.4, -0.2) is 60.3 Å². The van der Waals surface area contributed by atoms with E-state index in [4.69, 9.17) is 4.74 Å². The number of amides is 1. The number of ether oxygens (including phenoxy) is 2. The molecule has 1 aromatic carbocycles. The molecule has 1 atom stereocenters. The summed E-state index contributed by atoms with van der Waals surface area (Å²) in [6, 6.07) is 3.75. The summed E-state index contributed by atoms with van der Waals surface area (Å²) >= 11 is 3.08. The summed E-state index contributed by atoms with van der Waals surface area (Å²) in [6.45, 7) is 6.11. The number of anilines is 1. The van der Waals surface area contributed by atoms with Gasteiger partial charge >= 0.3 is 12.5 Å². The van der Waals surface area contributed by atoms with Gasteiger partial charge in [0.1, 0.15) is 11.4 Å². The van der Waals surface area contributed by atoms with Gasteiger partial charge in [-0.05, 0) is 54.9 Å². The Kier molecular flexibility index (Phi) is 6.51. The Morgan fingerprint density at radius 2 is 1.96 bits per heavy atom. The van der Waals surface area contributed by atoms with Crippen LogP contribution in [0.3, 0.4) is 0 Å². The molecule has 152 valence electrons. The van der Waals surface area contributed by atoms with E-state index in [9.17, 15) is 23.1 Å². The maximum atomic E-state index is 12.4. The number of carbonyl (C=O) groups is 1. The second kappa shape index (κ2) is 8.14. The summed E-state index contributed by atoms with van der Waals surface area (Å²) in [5, 5.41) is 9.67. The van der Waals surface area contributed by atoms with E-state index in [1.165, 1.54) is 23.1 Å². The van der Waals surface area contributed by atoms with Crippen molar-refractivity contribution in [3.8, 4) is 5.75 Å². The van der Waals surface area contributed by atoms with Crippen LogP contribution in [0.15, 0.2) is 22.7 Å². The molecule has 10 heteroatoms. The minimum atomic E-state index is -4.77. The Hall–Kier alpha value is -1.68. The largest absolute Gasteiger partial charge is 0.573 e. The fraction of sp³-hybridized carbons (Fsp3) is 0.588. The molecule has 1 N–H and O–H groups in total. The Morgan fingerprint density at radius 3 is 2.48 bits per heavy atom. The second-order valence-corrected chi connectivity index (χ2v) is 7.97. The van der Waals surface area contributed by atoms with Crippen molar-refractivity contribution in [1.29, 1.82) is 0 Å². The number of aliphatic hydroxyl groups excluding tert-OH is 1. The third-order valence-electron chi connectivity index (χ3n) is 3.83. The quantitative estimate of drug-likeness (QED) is 0.752. The number of rotatable bonds is 3. The van der Waals surface area contributed by atoms with E-state index in [1.807, 2.05) is 4.90 Å². The Balaban J connectivity index is 2.10. The average Bonchev–Trinajstić information content (AvgIpc) is 2.53. The number of aliphatic hydroxyl groups is 1. The van der Waals surface area contributed by atoms with E-state index in [-0.39, 0.29) is 16.8 Å². The van der Waals surface area contributed by atoms with Gasteiger partial charge in [-0.25, -0.2) is 4.79 Å². The van der Waals surface area contributed by atoms with Crippen molar-refractivity contribution in [3.05, 3.63) is 22.7 Å². The fourth-order valence-electron chi connectivity index (χ4n) is 2.70. The molecule has 1 saturated heterocycles. The predicted molar refractivity (Wildman–Crippen MR) is 96.9 cm³/mol. The Morgan fingerprint density at radius 1 is 1.30 bits per heavy atom. The van der Waals surface area contributed by atoms with Gasteiger partial charge in [0, 0.05) is 25.3 Å². The maximum absolute atomic E-state index is 12.4. The zero-order valence-corrected chi connectivity index (χ0v) is 16.8. The molecule has 0 saturated carbocycles. The standard InChI is InChI=1S/C17H22BrF3N2O4/c1-16(2,3)27-15(25)23-7-6-22(9-12(23)10-24)11-4-5-14(13(18)8-11)26-17(19,20)21/h4-5,8,12,24H,6-7,9-10H2,1-3H3. The molecule has 2 rings (SSSR count). The van der Waals surface area contributed by atoms with E-state index >= 15 is 0 Å². The molecule has 0 bridgehead atoms. The first-order chi connectivity index (χ1) is 12.4. The van der Waals surface area contributed by atoms with Gasteiger partial charge in [0.15, 0.2) is 0 Å². The Labute approximate surface area is 164 Å². The molecule has 0 spiro atoms. The molecule has 0 aliphatic carbocycles. The van der Waals surface area contributed by atoms with E-state index in [2.05, 4.69) is 20.7 Å². The van der Waals surface area contributed by atoms with E-state index in [0.717, 1.165) is 0 Å². The number of halogens is 4. The normalized spacial score (nSPS) is 18.4. The number of alkyl halides is 3. The summed E-state index contributed by atoms with van der Waals surface area (Å²) in [7, 11) is 0. The van der Waals surface area contributed by atoms with Gasteiger partial charge < -0.3 is 19.5 Å². The molecule has 1 amide bonds. The van der Waals surface area contributed by atoms with Crippen LogP contribution < -0.4 is 9.64 Å². The number of nitrogens with zero attached hydrogens (tertiary/aromatic N) is 2. The highest BCUT2D eigenvalue weighted by Crippen LogP contribution is 2.34. The summed E-state index contributed by atoms with van der Waals surface area (Å²) < 4.78 is 46.6. The van der Waals surface area contributed by atoms with Gasteiger partial charge in [-0.2, -0.15) is 0 Å².